The Kier molecular flexibility index (Phi) is 3.04. The fraction of sp³-hybridized carbons (Fsp3) is 0.438. The van der Waals surface area contributed by atoms with Crippen LogP contribution in [-0.4, -0.2) is 18.0 Å². The first kappa shape index (κ1) is 11.7. The van der Waals surface area contributed by atoms with E-state index in [1.807, 2.05) is 36.4 Å². The van der Waals surface area contributed by atoms with Gasteiger partial charge in [0, 0.05) is 6.61 Å². The summed E-state index contributed by atoms with van der Waals surface area (Å²) in [6, 6.07) is 10.1. The molecule has 94 valence electrons. The van der Waals surface area contributed by atoms with E-state index in [4.69, 9.17) is 4.74 Å². The summed E-state index contributed by atoms with van der Waals surface area (Å²) >= 11 is 0. The minimum absolute atomic E-state index is 0.232. The van der Waals surface area contributed by atoms with E-state index in [1.165, 1.54) is 0 Å². The van der Waals surface area contributed by atoms with Gasteiger partial charge in [-0.2, -0.15) is 0 Å². The van der Waals surface area contributed by atoms with Crippen molar-refractivity contribution >= 4 is 11.9 Å². The van der Waals surface area contributed by atoms with E-state index < -0.39 is 5.60 Å². The Bertz CT molecular complexity index is 467. The van der Waals surface area contributed by atoms with Gasteiger partial charge < -0.3 is 4.74 Å². The van der Waals surface area contributed by atoms with Crippen LogP contribution in [-0.2, 0) is 9.53 Å². The average molecular weight is 242 g/mol. The summed E-state index contributed by atoms with van der Waals surface area (Å²) in [4.78, 5) is 12.6. The fourth-order valence-electron chi connectivity index (χ4n) is 3.05. The van der Waals surface area contributed by atoms with E-state index >= 15 is 0 Å². The largest absolute Gasteiger partial charge is 0.367 e. The number of benzene rings is 1. The van der Waals surface area contributed by atoms with Crippen LogP contribution in [0.15, 0.2) is 35.9 Å². The van der Waals surface area contributed by atoms with Crippen molar-refractivity contribution in [3.63, 3.8) is 0 Å². The molecule has 1 heterocycles. The number of carbonyl (C=O) groups is 1. The van der Waals surface area contributed by atoms with Gasteiger partial charge >= 0.3 is 0 Å². The van der Waals surface area contributed by atoms with E-state index in [2.05, 4.69) is 0 Å². The lowest BCUT2D eigenvalue weighted by Crippen LogP contribution is -2.41. The van der Waals surface area contributed by atoms with E-state index in [-0.39, 0.29) is 5.78 Å². The third kappa shape index (κ3) is 2.01. The molecule has 1 spiro atoms. The average Bonchev–Trinajstić information content (AvgIpc) is 2.86. The minimum Gasteiger partial charge on any atom is -0.367 e. The second-order valence-corrected chi connectivity index (χ2v) is 5.21. The van der Waals surface area contributed by atoms with Gasteiger partial charge in [0.05, 0.1) is 0 Å². The first-order valence-corrected chi connectivity index (χ1v) is 6.75. The summed E-state index contributed by atoms with van der Waals surface area (Å²) in [5, 5.41) is 0. The van der Waals surface area contributed by atoms with Crippen molar-refractivity contribution in [3.8, 4) is 0 Å². The maximum Gasteiger partial charge on any atom is 0.190 e. The van der Waals surface area contributed by atoms with Crippen molar-refractivity contribution in [1.82, 2.24) is 0 Å². The van der Waals surface area contributed by atoms with Crippen molar-refractivity contribution in [2.45, 2.75) is 37.7 Å². The van der Waals surface area contributed by atoms with Gasteiger partial charge in [0.2, 0.25) is 0 Å². The lowest BCUT2D eigenvalue weighted by Gasteiger charge is -2.32. The van der Waals surface area contributed by atoms with Crippen LogP contribution >= 0.6 is 0 Å². The number of ketones is 1. The van der Waals surface area contributed by atoms with Crippen molar-refractivity contribution in [3.05, 3.63) is 41.5 Å². The molecule has 0 aromatic heterocycles. The first-order valence-electron chi connectivity index (χ1n) is 6.75. The zero-order valence-electron chi connectivity index (χ0n) is 10.5. The highest BCUT2D eigenvalue weighted by atomic mass is 16.5. The van der Waals surface area contributed by atoms with E-state index in [0.717, 1.165) is 49.8 Å². The molecule has 1 saturated carbocycles. The van der Waals surface area contributed by atoms with Gasteiger partial charge in [-0.05, 0) is 49.3 Å². The molecule has 1 saturated heterocycles. The Morgan fingerprint density at radius 1 is 1.11 bits per heavy atom. The number of ether oxygens (including phenoxy) is 1. The quantitative estimate of drug-likeness (QED) is 0.706. The highest BCUT2D eigenvalue weighted by molar-refractivity contribution is 6.06. The molecule has 3 rings (SSSR count). The van der Waals surface area contributed by atoms with Crippen LogP contribution in [0, 0.1) is 0 Å². The normalized spacial score (nSPS) is 30.2. The second kappa shape index (κ2) is 4.69. The summed E-state index contributed by atoms with van der Waals surface area (Å²) < 4.78 is 5.77. The summed E-state index contributed by atoms with van der Waals surface area (Å²) in [5.41, 5.74) is 1.57. The van der Waals surface area contributed by atoms with Gasteiger partial charge in [0.15, 0.2) is 5.78 Å². The third-order valence-electron chi connectivity index (χ3n) is 3.98. The third-order valence-corrected chi connectivity index (χ3v) is 3.98. The Morgan fingerprint density at radius 2 is 1.89 bits per heavy atom. The molecule has 0 bridgehead atoms. The van der Waals surface area contributed by atoms with Crippen molar-refractivity contribution in [1.29, 1.82) is 0 Å². The van der Waals surface area contributed by atoms with Gasteiger partial charge in [-0.15, -0.1) is 0 Å². The zero-order chi connectivity index (χ0) is 12.4. The molecule has 0 unspecified atom stereocenters. The number of rotatable bonds is 1. The smallest absolute Gasteiger partial charge is 0.190 e. The number of hydrogen-bond donors (Lipinski definition) is 0. The highest BCUT2D eigenvalue weighted by Gasteiger charge is 2.45. The van der Waals surface area contributed by atoms with E-state index in [0.29, 0.717) is 0 Å². The predicted octanol–water partition coefficient (Wildman–Crippen LogP) is 3.37. The number of Topliss-reactive ketones (excluding diaryl/α,β-unsaturated/α-hetero) is 1. The van der Waals surface area contributed by atoms with Crippen molar-refractivity contribution in [2.24, 2.45) is 0 Å². The van der Waals surface area contributed by atoms with Crippen molar-refractivity contribution in [2.75, 3.05) is 6.61 Å². The van der Waals surface area contributed by atoms with Crippen LogP contribution < -0.4 is 0 Å². The number of carbonyl (C=O) groups excluding carboxylic acids is 1. The molecular weight excluding hydrogens is 224 g/mol. The van der Waals surface area contributed by atoms with Crippen LogP contribution in [0.2, 0.25) is 0 Å². The monoisotopic (exact) mass is 242 g/mol. The molecule has 18 heavy (non-hydrogen) atoms. The van der Waals surface area contributed by atoms with Crippen LogP contribution in [0.1, 0.15) is 37.7 Å². The predicted molar refractivity (Wildman–Crippen MR) is 71.2 cm³/mol. The molecule has 2 heteroatoms. The molecule has 1 atom stereocenters. The Morgan fingerprint density at radius 3 is 2.61 bits per heavy atom. The van der Waals surface area contributed by atoms with Gasteiger partial charge in [0.1, 0.15) is 5.60 Å². The highest BCUT2D eigenvalue weighted by Crippen LogP contribution is 2.39. The lowest BCUT2D eigenvalue weighted by atomic mass is 9.78. The van der Waals surface area contributed by atoms with Crippen LogP contribution in [0.25, 0.3) is 6.08 Å². The molecule has 2 fully saturated rings. The number of hydrogen-bond acceptors (Lipinski definition) is 2. The Balaban J connectivity index is 1.89. The maximum atomic E-state index is 12.6. The van der Waals surface area contributed by atoms with E-state index in [9.17, 15) is 4.79 Å². The van der Waals surface area contributed by atoms with Gasteiger partial charge in [-0.3, -0.25) is 4.79 Å². The molecule has 0 N–H and O–H groups in total. The van der Waals surface area contributed by atoms with Gasteiger partial charge in [0.25, 0.3) is 0 Å². The summed E-state index contributed by atoms with van der Waals surface area (Å²) in [6.07, 6.45) is 6.80. The molecule has 1 aliphatic carbocycles. The fourth-order valence-corrected chi connectivity index (χ4v) is 3.05. The van der Waals surface area contributed by atoms with Gasteiger partial charge in [-0.1, -0.05) is 30.3 Å². The minimum atomic E-state index is -0.473. The molecule has 1 aromatic carbocycles. The molecule has 1 aromatic rings. The summed E-state index contributed by atoms with van der Waals surface area (Å²) in [5.74, 6) is 0.232. The van der Waals surface area contributed by atoms with E-state index in [1.54, 1.807) is 0 Å². The lowest BCUT2D eigenvalue weighted by molar-refractivity contribution is -0.137. The second-order valence-electron chi connectivity index (χ2n) is 5.21. The van der Waals surface area contributed by atoms with Crippen molar-refractivity contribution < 1.29 is 9.53 Å². The summed E-state index contributed by atoms with van der Waals surface area (Å²) in [7, 11) is 0. The summed E-state index contributed by atoms with van der Waals surface area (Å²) in [6.45, 7) is 0.740. The standard InChI is InChI=1S/C16H18O2/c17-15-14(12-13-6-2-1-3-7-13)8-4-9-16(15)10-5-11-18-16/h1-3,6-7,12H,4-5,8-11H2/b14-12+/t16-/m0/s1. The first-order chi connectivity index (χ1) is 8.80. The molecule has 2 nitrogen and oxygen atoms in total. The topological polar surface area (TPSA) is 26.3 Å². The SMILES string of the molecule is O=C1/C(=C/c2ccccc2)CCC[C@]12CCCO2. The molecular formula is C16H18O2. The molecule has 2 aliphatic rings. The van der Waals surface area contributed by atoms with Crippen LogP contribution in [0.4, 0.5) is 0 Å². The van der Waals surface area contributed by atoms with Crippen LogP contribution in [0.5, 0.6) is 0 Å². The molecule has 0 radical (unpaired) electrons. The Labute approximate surface area is 108 Å². The van der Waals surface area contributed by atoms with Crippen LogP contribution in [0.3, 0.4) is 0 Å². The zero-order valence-corrected chi connectivity index (χ0v) is 10.5. The van der Waals surface area contributed by atoms with Gasteiger partial charge in [-0.25, -0.2) is 0 Å². The molecule has 0 amide bonds. The maximum absolute atomic E-state index is 12.6. The Hall–Kier alpha value is -1.41. The molecule has 1 aliphatic heterocycles.